The number of methoxy groups -OCH3 is 1. The van der Waals surface area contributed by atoms with Gasteiger partial charge in [0.1, 0.15) is 11.8 Å². The molecular formula is C29H37N7O2. The van der Waals surface area contributed by atoms with E-state index < -0.39 is 0 Å². The normalized spacial score (nSPS) is 15.7. The van der Waals surface area contributed by atoms with Crippen molar-refractivity contribution in [2.24, 2.45) is 0 Å². The molecule has 0 radical (unpaired) electrons. The summed E-state index contributed by atoms with van der Waals surface area (Å²) in [6, 6.07) is 14.0. The lowest BCUT2D eigenvalue weighted by molar-refractivity contribution is 0.186. The average Bonchev–Trinajstić information content (AvgIpc) is 3.40. The van der Waals surface area contributed by atoms with Crippen LogP contribution in [0.4, 0.5) is 5.69 Å². The molecule has 3 heterocycles. The van der Waals surface area contributed by atoms with Gasteiger partial charge in [-0.05, 0) is 79.8 Å². The van der Waals surface area contributed by atoms with Crippen LogP contribution in [0, 0.1) is 13.8 Å². The van der Waals surface area contributed by atoms with Gasteiger partial charge in [0.25, 0.3) is 5.56 Å². The Balaban J connectivity index is 1.58. The van der Waals surface area contributed by atoms with Gasteiger partial charge in [-0.25, -0.2) is 4.68 Å². The first-order chi connectivity index (χ1) is 18.2. The minimum absolute atomic E-state index is 0.106. The number of tetrazole rings is 1. The maximum atomic E-state index is 13.7. The van der Waals surface area contributed by atoms with Crippen LogP contribution >= 0.6 is 0 Å². The molecule has 0 spiro atoms. The van der Waals surface area contributed by atoms with Gasteiger partial charge < -0.3 is 14.6 Å². The fourth-order valence-corrected chi connectivity index (χ4v) is 5.46. The van der Waals surface area contributed by atoms with Crippen LogP contribution in [0.3, 0.4) is 0 Å². The molecule has 1 unspecified atom stereocenters. The molecule has 0 aliphatic carbocycles. The van der Waals surface area contributed by atoms with Gasteiger partial charge in [0.15, 0.2) is 5.82 Å². The molecule has 5 rings (SSSR count). The second-order valence-electron chi connectivity index (χ2n) is 10.8. The van der Waals surface area contributed by atoms with Crippen molar-refractivity contribution in [3.63, 3.8) is 0 Å². The van der Waals surface area contributed by atoms with Gasteiger partial charge in [-0.15, -0.1) is 5.10 Å². The summed E-state index contributed by atoms with van der Waals surface area (Å²) in [7, 11) is 1.70. The van der Waals surface area contributed by atoms with Gasteiger partial charge in [-0.1, -0.05) is 30.7 Å². The minimum atomic E-state index is -0.385. The van der Waals surface area contributed by atoms with Gasteiger partial charge in [0.2, 0.25) is 0 Å². The van der Waals surface area contributed by atoms with Crippen LogP contribution in [0.15, 0.2) is 47.3 Å². The molecule has 1 atom stereocenters. The van der Waals surface area contributed by atoms with E-state index in [4.69, 9.17) is 4.74 Å². The number of fused-ring (bicyclic) bond motifs is 1. The Bertz CT molecular complexity index is 1500. The van der Waals surface area contributed by atoms with Crippen molar-refractivity contribution < 1.29 is 4.74 Å². The third-order valence-electron chi connectivity index (χ3n) is 7.90. The number of rotatable bonds is 7. The molecule has 0 saturated carbocycles. The summed E-state index contributed by atoms with van der Waals surface area (Å²) in [5.41, 5.74) is 4.43. The highest BCUT2D eigenvalue weighted by Crippen LogP contribution is 2.34. The van der Waals surface area contributed by atoms with Crippen molar-refractivity contribution in [3.05, 3.63) is 75.3 Å². The number of aromatic nitrogens is 5. The summed E-state index contributed by atoms with van der Waals surface area (Å²) in [4.78, 5) is 21.5. The molecule has 1 aliphatic heterocycles. The number of ether oxygens (including phenoxy) is 1. The highest BCUT2D eigenvalue weighted by molar-refractivity contribution is 5.83. The molecule has 1 N–H and O–H groups in total. The molecule has 200 valence electrons. The van der Waals surface area contributed by atoms with Crippen LogP contribution in [0.5, 0.6) is 5.75 Å². The number of hydrogen-bond acceptors (Lipinski definition) is 7. The van der Waals surface area contributed by atoms with Crippen LogP contribution in [-0.4, -0.2) is 63.4 Å². The largest absolute Gasteiger partial charge is 0.495 e. The van der Waals surface area contributed by atoms with Gasteiger partial charge in [-0.2, -0.15) is 0 Å². The van der Waals surface area contributed by atoms with Gasteiger partial charge >= 0.3 is 0 Å². The number of H-pyrrole nitrogens is 1. The Morgan fingerprint density at radius 3 is 2.53 bits per heavy atom. The van der Waals surface area contributed by atoms with Crippen LogP contribution in [0.2, 0.25) is 0 Å². The number of piperazine rings is 1. The van der Waals surface area contributed by atoms with E-state index in [1.54, 1.807) is 7.11 Å². The lowest BCUT2D eigenvalue weighted by Gasteiger charge is -2.40. The molecule has 2 aromatic heterocycles. The molecule has 1 saturated heterocycles. The average molecular weight is 516 g/mol. The minimum Gasteiger partial charge on any atom is -0.495 e. The number of aryl methyl sites for hydroxylation is 2. The second-order valence-corrected chi connectivity index (χ2v) is 10.8. The molecule has 9 heteroatoms. The third kappa shape index (κ3) is 4.67. The fraction of sp³-hybridized carbons (Fsp3) is 0.448. The molecule has 1 fully saturated rings. The zero-order valence-corrected chi connectivity index (χ0v) is 23.2. The Morgan fingerprint density at radius 2 is 1.82 bits per heavy atom. The van der Waals surface area contributed by atoms with E-state index >= 15 is 0 Å². The lowest BCUT2D eigenvalue weighted by Crippen LogP contribution is -2.49. The number of anilines is 1. The molecule has 0 bridgehead atoms. The zero-order chi connectivity index (χ0) is 27.0. The first kappa shape index (κ1) is 25.9. The van der Waals surface area contributed by atoms with E-state index in [1.807, 2.05) is 35.9 Å². The lowest BCUT2D eigenvalue weighted by atomic mass is 9.98. The second kappa shape index (κ2) is 10.2. The van der Waals surface area contributed by atoms with E-state index in [-0.39, 0.29) is 17.1 Å². The fourth-order valence-electron chi connectivity index (χ4n) is 5.46. The summed E-state index contributed by atoms with van der Waals surface area (Å²) in [6.07, 6.45) is 0.853. The van der Waals surface area contributed by atoms with E-state index in [1.165, 1.54) is 0 Å². The van der Waals surface area contributed by atoms with Gasteiger partial charge in [-0.3, -0.25) is 9.69 Å². The van der Waals surface area contributed by atoms with Crippen molar-refractivity contribution in [1.82, 2.24) is 30.1 Å². The first-order valence-corrected chi connectivity index (χ1v) is 13.3. The van der Waals surface area contributed by atoms with Crippen LogP contribution in [0.25, 0.3) is 10.9 Å². The Morgan fingerprint density at radius 1 is 1.08 bits per heavy atom. The van der Waals surface area contributed by atoms with Crippen LogP contribution in [-0.2, 0) is 5.54 Å². The van der Waals surface area contributed by atoms with E-state index in [0.717, 1.165) is 66.1 Å². The number of benzene rings is 2. The third-order valence-corrected chi connectivity index (χ3v) is 7.90. The summed E-state index contributed by atoms with van der Waals surface area (Å²) in [5.74, 6) is 1.56. The van der Waals surface area contributed by atoms with E-state index in [9.17, 15) is 4.79 Å². The number of hydrogen-bond donors (Lipinski definition) is 1. The number of aromatic amines is 1. The number of nitrogens with zero attached hydrogens (tertiary/aromatic N) is 6. The maximum Gasteiger partial charge on any atom is 0.253 e. The quantitative estimate of drug-likeness (QED) is 0.394. The number of pyridine rings is 1. The SMILES string of the molecule is CCC(C)(C)n1nnnc1C(c1cc2cc(C)cc(C)c2[nH]c1=O)N1CCN(c2ccccc2OC)CC1. The Labute approximate surface area is 223 Å². The Hall–Kier alpha value is -3.72. The summed E-state index contributed by atoms with van der Waals surface area (Å²) >= 11 is 0. The summed E-state index contributed by atoms with van der Waals surface area (Å²) in [6.45, 7) is 13.6. The van der Waals surface area contributed by atoms with Crippen molar-refractivity contribution >= 4 is 16.6 Å². The molecule has 2 aromatic carbocycles. The summed E-state index contributed by atoms with van der Waals surface area (Å²) < 4.78 is 7.51. The molecular weight excluding hydrogens is 478 g/mol. The van der Waals surface area contributed by atoms with Gasteiger partial charge in [0.05, 0.1) is 23.9 Å². The monoisotopic (exact) mass is 515 g/mol. The topological polar surface area (TPSA) is 92.2 Å². The smallest absolute Gasteiger partial charge is 0.253 e. The predicted octanol–water partition coefficient (Wildman–Crippen LogP) is 4.20. The number of para-hydroxylation sites is 2. The van der Waals surface area contributed by atoms with E-state index in [2.05, 4.69) is 76.2 Å². The van der Waals surface area contributed by atoms with Crippen LogP contribution in [0.1, 0.15) is 55.7 Å². The predicted molar refractivity (Wildman–Crippen MR) is 150 cm³/mol. The summed E-state index contributed by atoms with van der Waals surface area (Å²) in [5, 5.41) is 14.0. The molecule has 4 aromatic rings. The van der Waals surface area contributed by atoms with Crippen molar-refractivity contribution in [3.8, 4) is 5.75 Å². The molecule has 9 nitrogen and oxygen atoms in total. The van der Waals surface area contributed by atoms with Gasteiger partial charge in [0, 0.05) is 31.7 Å². The van der Waals surface area contributed by atoms with E-state index in [0.29, 0.717) is 11.4 Å². The van der Waals surface area contributed by atoms with Crippen LogP contribution < -0.4 is 15.2 Å². The standard InChI is InChI=1S/C29H37N7O2/c1-7-29(4,5)36-27(31-32-33-36)26(22-18-21-17-19(2)16-20(3)25(21)30-28(22)37)35-14-12-34(13-15-35)23-10-8-9-11-24(23)38-6/h8-11,16-18,26H,7,12-15H2,1-6H3,(H,30,37). The van der Waals surface area contributed by atoms with Crippen molar-refractivity contribution in [1.29, 1.82) is 0 Å². The molecule has 0 amide bonds. The van der Waals surface area contributed by atoms with Crippen molar-refractivity contribution in [2.75, 3.05) is 38.2 Å². The first-order valence-electron chi connectivity index (χ1n) is 13.3. The number of nitrogens with one attached hydrogen (secondary N) is 1. The molecule has 1 aliphatic rings. The highest BCUT2D eigenvalue weighted by atomic mass is 16.5. The Kier molecular flexibility index (Phi) is 6.96. The maximum absolute atomic E-state index is 13.7. The van der Waals surface area contributed by atoms with Crippen molar-refractivity contribution in [2.45, 2.75) is 52.6 Å². The highest BCUT2D eigenvalue weighted by Gasteiger charge is 2.36. The molecule has 38 heavy (non-hydrogen) atoms. The zero-order valence-electron chi connectivity index (χ0n) is 23.2.